The predicted octanol–water partition coefficient (Wildman–Crippen LogP) is 1.73. The summed E-state index contributed by atoms with van der Waals surface area (Å²) in [5.74, 6) is -0.409. The molecular formula is C15H23NO3. The standard InChI is InChI=1S/C15H23NO3/c1-3-10(4-2)13(17)9-16-14(18)11-7-5-6-8-12(11)15(16)19/h5-6,10-13,17H,3-4,7-9H2,1-2H3. The molecule has 4 heteroatoms. The maximum absolute atomic E-state index is 12.2. The first-order valence-electron chi connectivity index (χ1n) is 7.28. The van der Waals surface area contributed by atoms with Crippen LogP contribution < -0.4 is 0 Å². The van der Waals surface area contributed by atoms with E-state index in [9.17, 15) is 14.7 Å². The molecule has 0 aromatic carbocycles. The van der Waals surface area contributed by atoms with Crippen LogP contribution in [-0.4, -0.2) is 34.5 Å². The van der Waals surface area contributed by atoms with E-state index in [1.54, 1.807) is 0 Å². The van der Waals surface area contributed by atoms with Gasteiger partial charge in [0, 0.05) is 0 Å². The van der Waals surface area contributed by atoms with Gasteiger partial charge >= 0.3 is 0 Å². The number of hydrogen-bond donors (Lipinski definition) is 1. The summed E-state index contributed by atoms with van der Waals surface area (Å²) in [6.45, 7) is 4.21. The molecule has 1 aliphatic heterocycles. The lowest BCUT2D eigenvalue weighted by Gasteiger charge is -2.24. The number of aliphatic hydroxyl groups is 1. The third kappa shape index (κ3) is 2.59. The van der Waals surface area contributed by atoms with Crippen LogP contribution in [0, 0.1) is 17.8 Å². The molecular weight excluding hydrogens is 242 g/mol. The van der Waals surface area contributed by atoms with E-state index in [4.69, 9.17) is 0 Å². The minimum absolute atomic E-state index is 0.0932. The highest BCUT2D eigenvalue weighted by Crippen LogP contribution is 2.35. The van der Waals surface area contributed by atoms with Crippen molar-refractivity contribution in [2.75, 3.05) is 6.54 Å². The Morgan fingerprint density at radius 1 is 1.16 bits per heavy atom. The van der Waals surface area contributed by atoms with E-state index in [1.165, 1.54) is 4.90 Å². The number of rotatable bonds is 5. The van der Waals surface area contributed by atoms with E-state index in [2.05, 4.69) is 0 Å². The van der Waals surface area contributed by atoms with E-state index in [0.29, 0.717) is 12.8 Å². The molecule has 3 unspecified atom stereocenters. The third-order valence-corrected chi connectivity index (χ3v) is 4.56. The van der Waals surface area contributed by atoms with Gasteiger partial charge in [-0.05, 0) is 18.8 Å². The van der Waals surface area contributed by atoms with Gasteiger partial charge < -0.3 is 5.11 Å². The molecule has 2 rings (SSSR count). The molecule has 2 aliphatic rings. The predicted molar refractivity (Wildman–Crippen MR) is 72.2 cm³/mol. The van der Waals surface area contributed by atoms with E-state index >= 15 is 0 Å². The maximum atomic E-state index is 12.2. The van der Waals surface area contributed by atoms with Crippen LogP contribution >= 0.6 is 0 Å². The van der Waals surface area contributed by atoms with Gasteiger partial charge in [-0.25, -0.2) is 0 Å². The number of carbonyl (C=O) groups excluding carboxylic acids is 2. The highest BCUT2D eigenvalue weighted by Gasteiger charge is 2.47. The van der Waals surface area contributed by atoms with Crippen LogP contribution in [0.4, 0.5) is 0 Å². The number of hydrogen-bond acceptors (Lipinski definition) is 3. The molecule has 0 aromatic heterocycles. The fourth-order valence-electron chi connectivity index (χ4n) is 3.22. The Bertz CT molecular complexity index is 361. The van der Waals surface area contributed by atoms with Gasteiger partial charge in [0.25, 0.3) is 0 Å². The van der Waals surface area contributed by atoms with Crippen LogP contribution in [-0.2, 0) is 9.59 Å². The number of β-amino-alcohol motifs (C(OH)–C–C–N with tert-alkyl or cyclic N) is 1. The van der Waals surface area contributed by atoms with E-state index in [0.717, 1.165) is 12.8 Å². The number of allylic oxidation sites excluding steroid dienone is 2. The lowest BCUT2D eigenvalue weighted by molar-refractivity contribution is -0.142. The number of fused-ring (bicyclic) bond motifs is 1. The van der Waals surface area contributed by atoms with Crippen LogP contribution in [0.15, 0.2) is 12.2 Å². The molecule has 0 spiro atoms. The number of nitrogens with zero attached hydrogens (tertiary/aromatic N) is 1. The number of imide groups is 1. The Morgan fingerprint density at radius 2 is 1.63 bits per heavy atom. The molecule has 19 heavy (non-hydrogen) atoms. The van der Waals surface area contributed by atoms with Gasteiger partial charge in [0.15, 0.2) is 0 Å². The Hall–Kier alpha value is -1.16. The summed E-state index contributed by atoms with van der Waals surface area (Å²) in [5, 5.41) is 10.2. The van der Waals surface area contributed by atoms with E-state index in [-0.39, 0.29) is 36.1 Å². The van der Waals surface area contributed by atoms with Gasteiger partial charge in [-0.2, -0.15) is 0 Å². The molecule has 106 valence electrons. The van der Waals surface area contributed by atoms with Gasteiger partial charge in [0.05, 0.1) is 24.5 Å². The van der Waals surface area contributed by atoms with Gasteiger partial charge in [0.1, 0.15) is 0 Å². The van der Waals surface area contributed by atoms with Crippen LogP contribution in [0.5, 0.6) is 0 Å². The fraction of sp³-hybridized carbons (Fsp3) is 0.733. The first-order chi connectivity index (χ1) is 9.10. The van der Waals surface area contributed by atoms with Crippen molar-refractivity contribution < 1.29 is 14.7 Å². The molecule has 2 amide bonds. The summed E-state index contributed by atoms with van der Waals surface area (Å²) < 4.78 is 0. The number of carbonyl (C=O) groups is 2. The second kappa shape index (κ2) is 5.87. The summed E-state index contributed by atoms with van der Waals surface area (Å²) in [5.41, 5.74) is 0. The lowest BCUT2D eigenvalue weighted by Crippen LogP contribution is -2.40. The van der Waals surface area contributed by atoms with Gasteiger partial charge in [-0.3, -0.25) is 14.5 Å². The summed E-state index contributed by atoms with van der Waals surface area (Å²) >= 11 is 0. The van der Waals surface area contributed by atoms with Crippen LogP contribution in [0.3, 0.4) is 0 Å². The molecule has 4 nitrogen and oxygen atoms in total. The quantitative estimate of drug-likeness (QED) is 0.608. The molecule has 3 atom stereocenters. The zero-order chi connectivity index (χ0) is 14.0. The molecule has 1 saturated heterocycles. The van der Waals surface area contributed by atoms with Crippen LogP contribution in [0.1, 0.15) is 39.5 Å². The maximum Gasteiger partial charge on any atom is 0.233 e. The molecule has 0 radical (unpaired) electrons. The molecule has 0 aromatic rings. The van der Waals surface area contributed by atoms with E-state index < -0.39 is 6.10 Å². The molecule has 1 aliphatic carbocycles. The van der Waals surface area contributed by atoms with Crippen molar-refractivity contribution in [3.05, 3.63) is 12.2 Å². The van der Waals surface area contributed by atoms with Crippen LogP contribution in [0.2, 0.25) is 0 Å². The summed E-state index contributed by atoms with van der Waals surface area (Å²) in [7, 11) is 0. The topological polar surface area (TPSA) is 57.6 Å². The van der Waals surface area contributed by atoms with Crippen LogP contribution in [0.25, 0.3) is 0 Å². The minimum Gasteiger partial charge on any atom is -0.391 e. The average Bonchev–Trinajstić information content (AvgIpc) is 2.66. The zero-order valence-corrected chi connectivity index (χ0v) is 11.7. The lowest BCUT2D eigenvalue weighted by atomic mass is 9.85. The Morgan fingerprint density at radius 3 is 2.05 bits per heavy atom. The van der Waals surface area contributed by atoms with Crippen molar-refractivity contribution in [3.63, 3.8) is 0 Å². The van der Waals surface area contributed by atoms with Crippen molar-refractivity contribution >= 4 is 11.8 Å². The first kappa shape index (κ1) is 14.3. The average molecular weight is 265 g/mol. The van der Waals surface area contributed by atoms with Crippen molar-refractivity contribution in [3.8, 4) is 0 Å². The zero-order valence-electron chi connectivity index (χ0n) is 11.7. The molecule has 1 fully saturated rings. The smallest absolute Gasteiger partial charge is 0.233 e. The van der Waals surface area contributed by atoms with Crippen molar-refractivity contribution in [2.45, 2.75) is 45.6 Å². The SMILES string of the molecule is CCC(CC)C(O)CN1C(=O)C2CC=CCC2C1=O. The first-order valence-corrected chi connectivity index (χ1v) is 7.28. The summed E-state index contributed by atoms with van der Waals surface area (Å²) in [6.07, 6.45) is 6.40. The number of amides is 2. The van der Waals surface area contributed by atoms with Crippen molar-refractivity contribution in [2.24, 2.45) is 17.8 Å². The number of likely N-dealkylation sites (tertiary alicyclic amines) is 1. The Labute approximate surface area is 114 Å². The third-order valence-electron chi connectivity index (χ3n) is 4.56. The summed E-state index contributed by atoms with van der Waals surface area (Å²) in [4.78, 5) is 25.8. The minimum atomic E-state index is -0.601. The van der Waals surface area contributed by atoms with Gasteiger partial charge in [-0.15, -0.1) is 0 Å². The molecule has 1 N–H and O–H groups in total. The highest BCUT2D eigenvalue weighted by atomic mass is 16.3. The Kier molecular flexibility index (Phi) is 4.40. The Balaban J connectivity index is 2.05. The molecule has 1 heterocycles. The number of aliphatic hydroxyl groups excluding tert-OH is 1. The van der Waals surface area contributed by atoms with Gasteiger partial charge in [0.2, 0.25) is 11.8 Å². The molecule has 0 saturated carbocycles. The van der Waals surface area contributed by atoms with E-state index in [1.807, 2.05) is 26.0 Å². The van der Waals surface area contributed by atoms with Crippen molar-refractivity contribution in [1.82, 2.24) is 4.90 Å². The normalized spacial score (nSPS) is 28.1. The second-order valence-corrected chi connectivity index (χ2v) is 5.59. The second-order valence-electron chi connectivity index (χ2n) is 5.59. The molecule has 0 bridgehead atoms. The van der Waals surface area contributed by atoms with Gasteiger partial charge in [-0.1, -0.05) is 38.8 Å². The fourth-order valence-corrected chi connectivity index (χ4v) is 3.22. The monoisotopic (exact) mass is 265 g/mol. The highest BCUT2D eigenvalue weighted by molar-refractivity contribution is 6.05. The van der Waals surface area contributed by atoms with Crippen molar-refractivity contribution in [1.29, 1.82) is 0 Å². The largest absolute Gasteiger partial charge is 0.391 e. The summed E-state index contributed by atoms with van der Waals surface area (Å²) in [6, 6.07) is 0.